The molecule has 2 aliphatic rings. The van der Waals surface area contributed by atoms with Gasteiger partial charge in [0, 0.05) is 43.8 Å². The van der Waals surface area contributed by atoms with Crippen LogP contribution >= 0.6 is 0 Å². The van der Waals surface area contributed by atoms with E-state index >= 15 is 0 Å². The standard InChI is InChI=1S/C19H26N6O/c1-20-18-16(21-8-9-22-18)11-13-5-4-10-25(12-13)19(26)17-14-6-2-3-7-15(14)23-24-17/h8-9,13H,2-7,10-12H2,1H3,(H,20,22)(H,23,24)/t13-/m1/s1. The quantitative estimate of drug-likeness (QED) is 0.879. The summed E-state index contributed by atoms with van der Waals surface area (Å²) in [5, 5.41) is 10.6. The van der Waals surface area contributed by atoms with Crippen LogP contribution in [0.25, 0.3) is 0 Å². The van der Waals surface area contributed by atoms with Crippen molar-refractivity contribution >= 4 is 11.7 Å². The zero-order valence-electron chi connectivity index (χ0n) is 15.3. The summed E-state index contributed by atoms with van der Waals surface area (Å²) >= 11 is 0. The Morgan fingerprint density at radius 3 is 3.00 bits per heavy atom. The molecule has 0 aromatic carbocycles. The van der Waals surface area contributed by atoms with E-state index in [4.69, 9.17) is 0 Å². The molecular weight excluding hydrogens is 328 g/mol. The highest BCUT2D eigenvalue weighted by Gasteiger charge is 2.29. The van der Waals surface area contributed by atoms with Gasteiger partial charge in [-0.1, -0.05) is 0 Å². The fraction of sp³-hybridized carbons (Fsp3) is 0.579. The van der Waals surface area contributed by atoms with Crippen molar-refractivity contribution in [3.05, 3.63) is 35.0 Å². The third kappa shape index (κ3) is 3.30. The molecule has 0 unspecified atom stereocenters. The van der Waals surface area contributed by atoms with Gasteiger partial charge in [-0.25, -0.2) is 4.98 Å². The molecular formula is C19H26N6O. The minimum Gasteiger partial charge on any atom is -0.372 e. The zero-order chi connectivity index (χ0) is 17.9. The Kier molecular flexibility index (Phi) is 4.86. The highest BCUT2D eigenvalue weighted by molar-refractivity contribution is 5.94. The Hall–Kier alpha value is -2.44. The molecule has 7 nitrogen and oxygen atoms in total. The highest BCUT2D eigenvalue weighted by atomic mass is 16.2. The van der Waals surface area contributed by atoms with Crippen LogP contribution in [0.15, 0.2) is 12.4 Å². The molecule has 2 N–H and O–H groups in total. The van der Waals surface area contributed by atoms with Gasteiger partial charge in [-0.15, -0.1) is 0 Å². The second kappa shape index (κ2) is 7.43. The molecule has 1 amide bonds. The molecule has 2 aromatic rings. The van der Waals surface area contributed by atoms with Crippen LogP contribution in [0.5, 0.6) is 0 Å². The average molecular weight is 354 g/mol. The van der Waals surface area contributed by atoms with Crippen molar-refractivity contribution in [2.75, 3.05) is 25.5 Å². The number of fused-ring (bicyclic) bond motifs is 1. The molecule has 0 saturated carbocycles. The first-order valence-electron chi connectivity index (χ1n) is 9.59. The van der Waals surface area contributed by atoms with Crippen molar-refractivity contribution < 1.29 is 4.79 Å². The summed E-state index contributed by atoms with van der Waals surface area (Å²) in [6.07, 6.45) is 10.7. The number of amides is 1. The molecule has 1 atom stereocenters. The van der Waals surface area contributed by atoms with E-state index in [-0.39, 0.29) is 5.91 Å². The lowest BCUT2D eigenvalue weighted by molar-refractivity contribution is 0.0665. The van der Waals surface area contributed by atoms with Crippen molar-refractivity contribution in [1.82, 2.24) is 25.1 Å². The number of nitrogens with zero attached hydrogens (tertiary/aromatic N) is 4. The number of nitrogens with one attached hydrogen (secondary N) is 2. The summed E-state index contributed by atoms with van der Waals surface area (Å²) in [6.45, 7) is 1.58. The fourth-order valence-electron chi connectivity index (χ4n) is 4.22. The van der Waals surface area contributed by atoms with Gasteiger partial charge in [-0.05, 0) is 50.9 Å². The number of hydrogen-bond donors (Lipinski definition) is 2. The van der Waals surface area contributed by atoms with Crippen LogP contribution in [0.2, 0.25) is 0 Å². The van der Waals surface area contributed by atoms with Gasteiger partial charge in [0.1, 0.15) is 5.82 Å². The van der Waals surface area contributed by atoms with Gasteiger partial charge >= 0.3 is 0 Å². The van der Waals surface area contributed by atoms with E-state index in [1.807, 2.05) is 11.9 Å². The van der Waals surface area contributed by atoms with E-state index in [1.165, 1.54) is 6.42 Å². The normalized spacial score (nSPS) is 19.9. The van der Waals surface area contributed by atoms with Gasteiger partial charge in [0.25, 0.3) is 5.91 Å². The van der Waals surface area contributed by atoms with Crippen LogP contribution < -0.4 is 5.32 Å². The molecule has 0 radical (unpaired) electrons. The molecule has 138 valence electrons. The summed E-state index contributed by atoms with van der Waals surface area (Å²) < 4.78 is 0. The molecule has 3 heterocycles. The number of rotatable bonds is 4. The van der Waals surface area contributed by atoms with Gasteiger partial charge in [0.05, 0.1) is 5.69 Å². The van der Waals surface area contributed by atoms with E-state index in [0.29, 0.717) is 11.6 Å². The third-order valence-corrected chi connectivity index (χ3v) is 5.56. The maximum atomic E-state index is 13.1. The topological polar surface area (TPSA) is 86.8 Å². The zero-order valence-corrected chi connectivity index (χ0v) is 15.3. The van der Waals surface area contributed by atoms with Crippen LogP contribution in [-0.2, 0) is 19.3 Å². The van der Waals surface area contributed by atoms with Crippen LogP contribution in [0.4, 0.5) is 5.82 Å². The van der Waals surface area contributed by atoms with E-state index in [9.17, 15) is 4.79 Å². The second-order valence-electron chi connectivity index (χ2n) is 7.30. The molecule has 0 bridgehead atoms. The third-order valence-electron chi connectivity index (χ3n) is 5.56. The Labute approximate surface area is 153 Å². The predicted molar refractivity (Wildman–Crippen MR) is 99.1 cm³/mol. The number of aromatic nitrogens is 4. The number of anilines is 1. The molecule has 2 aromatic heterocycles. The molecule has 1 aliphatic heterocycles. The van der Waals surface area contributed by atoms with Crippen molar-refractivity contribution in [2.24, 2.45) is 5.92 Å². The van der Waals surface area contributed by atoms with Crippen LogP contribution in [-0.4, -0.2) is 51.1 Å². The minimum atomic E-state index is 0.0853. The van der Waals surface area contributed by atoms with Crippen LogP contribution in [0.3, 0.4) is 0 Å². The summed E-state index contributed by atoms with van der Waals surface area (Å²) in [7, 11) is 1.87. The average Bonchev–Trinajstić information content (AvgIpc) is 3.12. The lowest BCUT2D eigenvalue weighted by Crippen LogP contribution is -2.41. The molecule has 7 heteroatoms. The SMILES string of the molecule is CNc1nccnc1C[C@H]1CCCN(C(=O)c2n[nH]c3c2CCCC3)C1. The van der Waals surface area contributed by atoms with Gasteiger partial charge < -0.3 is 10.2 Å². The predicted octanol–water partition coefficient (Wildman–Crippen LogP) is 2.22. The minimum absolute atomic E-state index is 0.0853. The molecule has 0 spiro atoms. The molecule has 1 saturated heterocycles. The number of carbonyl (C=O) groups excluding carboxylic acids is 1. The monoisotopic (exact) mass is 354 g/mol. The number of piperidine rings is 1. The van der Waals surface area contributed by atoms with Gasteiger partial charge in [-0.3, -0.25) is 14.9 Å². The summed E-state index contributed by atoms with van der Waals surface area (Å²) in [5.74, 6) is 1.32. The first kappa shape index (κ1) is 17.0. The summed E-state index contributed by atoms with van der Waals surface area (Å²) in [5.41, 5.74) is 3.93. The lowest BCUT2D eigenvalue weighted by atomic mass is 9.92. The van der Waals surface area contributed by atoms with Crippen molar-refractivity contribution in [1.29, 1.82) is 0 Å². The molecule has 1 fully saturated rings. The smallest absolute Gasteiger partial charge is 0.274 e. The Morgan fingerprint density at radius 1 is 1.27 bits per heavy atom. The molecule has 4 rings (SSSR count). The second-order valence-corrected chi connectivity index (χ2v) is 7.30. The van der Waals surface area contributed by atoms with E-state index < -0.39 is 0 Å². The number of likely N-dealkylation sites (tertiary alicyclic amines) is 1. The number of hydrogen-bond acceptors (Lipinski definition) is 5. The largest absolute Gasteiger partial charge is 0.372 e. The fourth-order valence-corrected chi connectivity index (χ4v) is 4.22. The van der Waals surface area contributed by atoms with Crippen molar-refractivity contribution in [3.8, 4) is 0 Å². The highest BCUT2D eigenvalue weighted by Crippen LogP contribution is 2.26. The van der Waals surface area contributed by atoms with Crippen molar-refractivity contribution in [3.63, 3.8) is 0 Å². The Bertz CT molecular complexity index is 786. The summed E-state index contributed by atoms with van der Waals surface area (Å²) in [6, 6.07) is 0. The van der Waals surface area contributed by atoms with Crippen LogP contribution in [0, 0.1) is 5.92 Å². The lowest BCUT2D eigenvalue weighted by Gasteiger charge is -2.32. The number of carbonyl (C=O) groups is 1. The maximum absolute atomic E-state index is 13.1. The number of aryl methyl sites for hydroxylation is 1. The Morgan fingerprint density at radius 2 is 2.12 bits per heavy atom. The molecule has 1 aliphatic carbocycles. The summed E-state index contributed by atoms with van der Waals surface area (Å²) in [4.78, 5) is 23.9. The van der Waals surface area contributed by atoms with Crippen molar-refractivity contribution in [2.45, 2.75) is 44.9 Å². The van der Waals surface area contributed by atoms with E-state index in [1.54, 1.807) is 12.4 Å². The van der Waals surface area contributed by atoms with Gasteiger partial charge in [-0.2, -0.15) is 5.10 Å². The van der Waals surface area contributed by atoms with E-state index in [2.05, 4.69) is 25.5 Å². The van der Waals surface area contributed by atoms with Crippen LogP contribution in [0.1, 0.15) is 53.1 Å². The maximum Gasteiger partial charge on any atom is 0.274 e. The van der Waals surface area contributed by atoms with E-state index in [0.717, 1.165) is 74.4 Å². The van der Waals surface area contributed by atoms with Gasteiger partial charge in [0.2, 0.25) is 0 Å². The number of aromatic amines is 1. The Balaban J connectivity index is 1.46. The first-order valence-corrected chi connectivity index (χ1v) is 9.59. The van der Waals surface area contributed by atoms with Gasteiger partial charge in [0.15, 0.2) is 5.69 Å². The first-order chi connectivity index (χ1) is 12.8. The molecule has 26 heavy (non-hydrogen) atoms. The number of H-pyrrole nitrogens is 1.